The second kappa shape index (κ2) is 6.83. The number of fused-ring (bicyclic) bond motifs is 1. The molecule has 2 aromatic rings. The van der Waals surface area contributed by atoms with Gasteiger partial charge in [-0.1, -0.05) is 30.4 Å². The molecule has 0 aliphatic heterocycles. The quantitative estimate of drug-likeness (QED) is 0.803. The summed E-state index contributed by atoms with van der Waals surface area (Å²) in [6.45, 7) is 3.16. The van der Waals surface area contributed by atoms with Gasteiger partial charge in [0.2, 0.25) is 0 Å². The first kappa shape index (κ1) is 15.7. The summed E-state index contributed by atoms with van der Waals surface area (Å²) in [5, 5.41) is 4.48. The van der Waals surface area contributed by atoms with Gasteiger partial charge in [0.1, 0.15) is 10.8 Å². The predicted molar refractivity (Wildman–Crippen MR) is 93.9 cm³/mol. The molecule has 0 aliphatic rings. The van der Waals surface area contributed by atoms with Gasteiger partial charge in [0.25, 0.3) is 0 Å². The Morgan fingerprint density at radius 3 is 2.76 bits per heavy atom. The number of benzene rings is 1. The van der Waals surface area contributed by atoms with Crippen LogP contribution >= 0.6 is 12.2 Å². The van der Waals surface area contributed by atoms with Gasteiger partial charge in [-0.25, -0.2) is 4.98 Å². The SMILES string of the molecule is CC(CCN(C)C)Nc1nc2ccccc2cc1C(N)=S. The third kappa shape index (κ3) is 4.12. The summed E-state index contributed by atoms with van der Waals surface area (Å²) >= 11 is 5.16. The van der Waals surface area contributed by atoms with Gasteiger partial charge in [-0.05, 0) is 46.1 Å². The maximum atomic E-state index is 5.85. The Balaban J connectivity index is 2.28. The van der Waals surface area contributed by atoms with Crippen LogP contribution in [-0.2, 0) is 0 Å². The van der Waals surface area contributed by atoms with Crippen molar-refractivity contribution < 1.29 is 0 Å². The summed E-state index contributed by atoms with van der Waals surface area (Å²) in [6.07, 6.45) is 1.03. The first-order valence-corrected chi connectivity index (χ1v) is 7.49. The summed E-state index contributed by atoms with van der Waals surface area (Å²) in [4.78, 5) is 7.21. The number of anilines is 1. The number of nitrogens with zero attached hydrogens (tertiary/aromatic N) is 2. The average Bonchev–Trinajstić information content (AvgIpc) is 2.44. The third-order valence-electron chi connectivity index (χ3n) is 3.38. The van der Waals surface area contributed by atoms with Crippen molar-refractivity contribution in [3.63, 3.8) is 0 Å². The monoisotopic (exact) mass is 302 g/mol. The zero-order valence-electron chi connectivity index (χ0n) is 12.8. The molecule has 1 heterocycles. The maximum Gasteiger partial charge on any atom is 0.137 e. The zero-order chi connectivity index (χ0) is 15.4. The van der Waals surface area contributed by atoms with Gasteiger partial charge < -0.3 is 16.0 Å². The molecule has 112 valence electrons. The molecule has 0 fully saturated rings. The lowest BCUT2D eigenvalue weighted by molar-refractivity contribution is 0.390. The summed E-state index contributed by atoms with van der Waals surface area (Å²) in [5.74, 6) is 0.771. The second-order valence-electron chi connectivity index (χ2n) is 5.58. The van der Waals surface area contributed by atoms with Gasteiger partial charge in [0, 0.05) is 11.4 Å². The standard InChI is InChI=1S/C16H22N4S/c1-11(8-9-20(2)3)18-16-13(15(17)21)10-12-6-4-5-7-14(12)19-16/h4-7,10-11H,8-9H2,1-3H3,(H2,17,21)(H,18,19). The Kier molecular flexibility index (Phi) is 5.09. The lowest BCUT2D eigenvalue weighted by atomic mass is 10.1. The molecule has 0 saturated heterocycles. The third-order valence-corrected chi connectivity index (χ3v) is 3.60. The smallest absolute Gasteiger partial charge is 0.137 e. The van der Waals surface area contributed by atoms with E-state index in [0.29, 0.717) is 11.0 Å². The first-order valence-electron chi connectivity index (χ1n) is 7.08. The van der Waals surface area contributed by atoms with Gasteiger partial charge in [-0.2, -0.15) is 0 Å². The number of aromatic nitrogens is 1. The molecule has 4 nitrogen and oxygen atoms in total. The normalized spacial score (nSPS) is 12.6. The molecule has 0 amide bonds. The molecule has 0 bridgehead atoms. The molecule has 1 atom stereocenters. The number of hydrogen-bond acceptors (Lipinski definition) is 4. The summed E-state index contributed by atoms with van der Waals surface area (Å²) in [7, 11) is 4.14. The van der Waals surface area contributed by atoms with E-state index in [1.807, 2.05) is 30.3 Å². The van der Waals surface area contributed by atoms with Crippen molar-refractivity contribution in [1.29, 1.82) is 0 Å². The number of para-hydroxylation sites is 1. The van der Waals surface area contributed by atoms with Gasteiger partial charge in [-0.15, -0.1) is 0 Å². The summed E-state index contributed by atoms with van der Waals surface area (Å²) in [5.41, 5.74) is 7.60. The maximum absolute atomic E-state index is 5.85. The summed E-state index contributed by atoms with van der Waals surface area (Å²) < 4.78 is 0. The molecule has 0 spiro atoms. The lowest BCUT2D eigenvalue weighted by Crippen LogP contribution is -2.25. The average molecular weight is 302 g/mol. The largest absolute Gasteiger partial charge is 0.389 e. The van der Waals surface area contributed by atoms with E-state index in [4.69, 9.17) is 18.0 Å². The highest BCUT2D eigenvalue weighted by molar-refractivity contribution is 7.80. The van der Waals surface area contributed by atoms with Crippen LogP contribution in [0.4, 0.5) is 5.82 Å². The highest BCUT2D eigenvalue weighted by Crippen LogP contribution is 2.21. The van der Waals surface area contributed by atoms with Crippen LogP contribution in [0.3, 0.4) is 0 Å². The number of thiocarbonyl (C=S) groups is 1. The van der Waals surface area contributed by atoms with E-state index >= 15 is 0 Å². The molecule has 0 aliphatic carbocycles. The van der Waals surface area contributed by atoms with Crippen LogP contribution in [0.25, 0.3) is 10.9 Å². The van der Waals surface area contributed by atoms with Crippen LogP contribution in [0, 0.1) is 0 Å². The minimum atomic E-state index is 0.300. The molecule has 1 aromatic heterocycles. The van der Waals surface area contributed by atoms with Crippen molar-refractivity contribution in [2.45, 2.75) is 19.4 Å². The van der Waals surface area contributed by atoms with Gasteiger partial charge in [0.05, 0.1) is 11.1 Å². The summed E-state index contributed by atoms with van der Waals surface area (Å²) in [6, 6.07) is 10.3. The van der Waals surface area contributed by atoms with Gasteiger partial charge >= 0.3 is 0 Å². The zero-order valence-corrected chi connectivity index (χ0v) is 13.6. The molecule has 2 rings (SSSR count). The van der Waals surface area contributed by atoms with Crippen LogP contribution in [-0.4, -0.2) is 41.6 Å². The highest BCUT2D eigenvalue weighted by Gasteiger charge is 2.12. The fourth-order valence-electron chi connectivity index (χ4n) is 2.17. The Bertz CT molecular complexity index is 639. The predicted octanol–water partition coefficient (Wildman–Crippen LogP) is 2.62. The number of nitrogens with two attached hydrogens (primary N) is 1. The molecule has 3 N–H and O–H groups in total. The fraction of sp³-hybridized carbons (Fsp3) is 0.375. The van der Waals surface area contributed by atoms with E-state index in [2.05, 4.69) is 36.2 Å². The molecule has 1 unspecified atom stereocenters. The van der Waals surface area contributed by atoms with Crippen molar-refractivity contribution >= 4 is 33.9 Å². The molecule has 1 aromatic carbocycles. The van der Waals surface area contributed by atoms with Gasteiger partial charge in [-0.3, -0.25) is 0 Å². The molecule has 0 radical (unpaired) electrons. The molecular formula is C16H22N4S. The topological polar surface area (TPSA) is 54.2 Å². The molecule has 0 saturated carbocycles. The van der Waals surface area contributed by atoms with E-state index in [9.17, 15) is 0 Å². The van der Waals surface area contributed by atoms with Crippen LogP contribution in [0.15, 0.2) is 30.3 Å². The van der Waals surface area contributed by atoms with E-state index in [1.54, 1.807) is 0 Å². The number of hydrogen-bond donors (Lipinski definition) is 2. The van der Waals surface area contributed by atoms with Crippen molar-refractivity contribution in [3.05, 3.63) is 35.9 Å². The first-order chi connectivity index (χ1) is 9.97. The van der Waals surface area contributed by atoms with E-state index in [-0.39, 0.29) is 0 Å². The minimum absolute atomic E-state index is 0.300. The van der Waals surface area contributed by atoms with E-state index in [1.165, 1.54) is 0 Å². The van der Waals surface area contributed by atoms with Crippen LogP contribution in [0.2, 0.25) is 0 Å². The van der Waals surface area contributed by atoms with Crippen molar-refractivity contribution in [1.82, 2.24) is 9.88 Å². The van der Waals surface area contributed by atoms with Crippen LogP contribution < -0.4 is 11.1 Å². The molecule has 21 heavy (non-hydrogen) atoms. The lowest BCUT2D eigenvalue weighted by Gasteiger charge is -2.19. The Hall–Kier alpha value is -1.72. The van der Waals surface area contributed by atoms with Crippen LogP contribution in [0.5, 0.6) is 0 Å². The van der Waals surface area contributed by atoms with Crippen molar-refractivity contribution in [2.24, 2.45) is 5.73 Å². The number of pyridine rings is 1. The Morgan fingerprint density at radius 1 is 1.38 bits per heavy atom. The Morgan fingerprint density at radius 2 is 2.10 bits per heavy atom. The molecular weight excluding hydrogens is 280 g/mol. The highest BCUT2D eigenvalue weighted by atomic mass is 32.1. The molecule has 5 heteroatoms. The minimum Gasteiger partial charge on any atom is -0.389 e. The number of nitrogens with one attached hydrogen (secondary N) is 1. The van der Waals surface area contributed by atoms with E-state index < -0.39 is 0 Å². The van der Waals surface area contributed by atoms with Crippen LogP contribution in [0.1, 0.15) is 18.9 Å². The fourth-order valence-corrected chi connectivity index (χ4v) is 2.33. The second-order valence-corrected chi connectivity index (χ2v) is 6.02. The van der Waals surface area contributed by atoms with Gasteiger partial charge in [0.15, 0.2) is 0 Å². The Labute approximate surface area is 131 Å². The van der Waals surface area contributed by atoms with Crippen molar-refractivity contribution in [2.75, 3.05) is 26.0 Å². The number of rotatable bonds is 6. The van der Waals surface area contributed by atoms with Crippen molar-refractivity contribution in [3.8, 4) is 0 Å². The van der Waals surface area contributed by atoms with E-state index in [0.717, 1.165) is 35.2 Å².